The number of hydrogen-bond donors (Lipinski definition) is 3. The monoisotopic (exact) mass is 294 g/mol. The number of pyridine rings is 1. The van der Waals surface area contributed by atoms with Crippen molar-refractivity contribution >= 4 is 17.6 Å². The summed E-state index contributed by atoms with van der Waals surface area (Å²) >= 11 is 0. The lowest BCUT2D eigenvalue weighted by Gasteiger charge is -2.14. The second-order valence-corrected chi connectivity index (χ2v) is 4.44. The zero-order valence-electron chi connectivity index (χ0n) is 12.6. The molecular formula is C14H22N4O3. The maximum Gasteiger partial charge on any atom is 0.252 e. The molecular weight excluding hydrogens is 272 g/mol. The summed E-state index contributed by atoms with van der Waals surface area (Å²) in [6.07, 6.45) is 1.55. The molecule has 7 heteroatoms. The van der Waals surface area contributed by atoms with Gasteiger partial charge in [0.2, 0.25) is 5.91 Å². The first-order valence-electron chi connectivity index (χ1n) is 6.86. The van der Waals surface area contributed by atoms with Gasteiger partial charge in [0.15, 0.2) is 0 Å². The Kier molecular flexibility index (Phi) is 7.17. The van der Waals surface area contributed by atoms with Crippen molar-refractivity contribution in [3.8, 4) is 0 Å². The Labute approximate surface area is 124 Å². The molecule has 1 aromatic heterocycles. The van der Waals surface area contributed by atoms with E-state index in [1.165, 1.54) is 0 Å². The fraction of sp³-hybridized carbons (Fsp3) is 0.500. The maximum absolute atomic E-state index is 12.1. The van der Waals surface area contributed by atoms with E-state index in [-0.39, 0.29) is 11.8 Å². The number of ether oxygens (including phenoxy) is 1. The number of anilines is 1. The van der Waals surface area contributed by atoms with E-state index in [9.17, 15) is 9.59 Å². The van der Waals surface area contributed by atoms with Crippen LogP contribution >= 0.6 is 0 Å². The summed E-state index contributed by atoms with van der Waals surface area (Å²) in [6.45, 7) is 5.14. The zero-order chi connectivity index (χ0) is 15.7. The van der Waals surface area contributed by atoms with Gasteiger partial charge >= 0.3 is 0 Å². The first kappa shape index (κ1) is 16.9. The smallest absolute Gasteiger partial charge is 0.252 e. The highest BCUT2D eigenvalue weighted by Crippen LogP contribution is 2.06. The van der Waals surface area contributed by atoms with Gasteiger partial charge in [0.05, 0.1) is 6.61 Å². The van der Waals surface area contributed by atoms with Crippen molar-refractivity contribution in [3.05, 3.63) is 23.9 Å². The molecule has 21 heavy (non-hydrogen) atoms. The Morgan fingerprint density at radius 3 is 2.86 bits per heavy atom. The van der Waals surface area contributed by atoms with Gasteiger partial charge in [0.25, 0.3) is 5.91 Å². The highest BCUT2D eigenvalue weighted by Gasteiger charge is 2.16. The molecule has 0 aliphatic heterocycles. The quantitative estimate of drug-likeness (QED) is 0.603. The molecule has 3 N–H and O–H groups in total. The van der Waals surface area contributed by atoms with Crippen molar-refractivity contribution in [3.63, 3.8) is 0 Å². The first-order valence-corrected chi connectivity index (χ1v) is 6.86. The van der Waals surface area contributed by atoms with Crippen LogP contribution in [0.4, 0.5) is 5.82 Å². The summed E-state index contributed by atoms with van der Waals surface area (Å²) in [6, 6.07) is 2.63. The van der Waals surface area contributed by atoms with Crippen LogP contribution in [0.5, 0.6) is 0 Å². The van der Waals surface area contributed by atoms with Gasteiger partial charge in [0.1, 0.15) is 11.9 Å². The largest absolute Gasteiger partial charge is 0.383 e. The van der Waals surface area contributed by atoms with E-state index in [0.717, 1.165) is 6.54 Å². The molecule has 7 nitrogen and oxygen atoms in total. The molecule has 0 radical (unpaired) electrons. The number of hydrogen-bond acceptors (Lipinski definition) is 5. The normalized spacial score (nSPS) is 11.6. The van der Waals surface area contributed by atoms with Crippen molar-refractivity contribution in [1.29, 1.82) is 0 Å². The molecule has 116 valence electrons. The SMILES string of the molecule is CCNc1cc(C(=O)NC(C)C(=O)NCCOC)ccn1. The van der Waals surface area contributed by atoms with E-state index in [2.05, 4.69) is 20.9 Å². The van der Waals surface area contributed by atoms with E-state index in [1.54, 1.807) is 32.4 Å². The molecule has 1 heterocycles. The van der Waals surface area contributed by atoms with Crippen LogP contribution in [0.1, 0.15) is 24.2 Å². The Bertz CT molecular complexity index is 479. The fourth-order valence-electron chi connectivity index (χ4n) is 1.62. The summed E-state index contributed by atoms with van der Waals surface area (Å²) < 4.78 is 4.84. The van der Waals surface area contributed by atoms with Crippen LogP contribution in [0.3, 0.4) is 0 Å². The summed E-state index contributed by atoms with van der Waals surface area (Å²) in [7, 11) is 1.56. The second-order valence-electron chi connectivity index (χ2n) is 4.44. The minimum Gasteiger partial charge on any atom is -0.383 e. The summed E-state index contributed by atoms with van der Waals surface area (Å²) in [5.74, 6) is 0.0645. The average molecular weight is 294 g/mol. The molecule has 1 rings (SSSR count). The van der Waals surface area contributed by atoms with Gasteiger partial charge in [-0.15, -0.1) is 0 Å². The van der Waals surface area contributed by atoms with Crippen LogP contribution in [0.2, 0.25) is 0 Å². The Hall–Kier alpha value is -2.15. The summed E-state index contributed by atoms with van der Waals surface area (Å²) in [5.41, 5.74) is 0.456. The number of rotatable bonds is 8. The zero-order valence-corrected chi connectivity index (χ0v) is 12.6. The third-order valence-corrected chi connectivity index (χ3v) is 2.73. The van der Waals surface area contributed by atoms with Crippen LogP contribution < -0.4 is 16.0 Å². The molecule has 0 aliphatic carbocycles. The molecule has 0 saturated heterocycles. The predicted octanol–water partition coefficient (Wildman–Crippen LogP) is 0.394. The molecule has 2 amide bonds. The van der Waals surface area contributed by atoms with Gasteiger partial charge in [-0.05, 0) is 26.0 Å². The van der Waals surface area contributed by atoms with Crippen LogP contribution in [0.15, 0.2) is 18.3 Å². The van der Waals surface area contributed by atoms with Gasteiger partial charge in [-0.2, -0.15) is 0 Å². The van der Waals surface area contributed by atoms with Crippen LogP contribution in [0.25, 0.3) is 0 Å². The summed E-state index contributed by atoms with van der Waals surface area (Å²) in [4.78, 5) is 27.9. The van der Waals surface area contributed by atoms with Gasteiger partial charge < -0.3 is 20.7 Å². The fourth-order valence-corrected chi connectivity index (χ4v) is 1.62. The molecule has 1 atom stereocenters. The van der Waals surface area contributed by atoms with Crippen molar-refractivity contribution in [2.45, 2.75) is 19.9 Å². The lowest BCUT2D eigenvalue weighted by molar-refractivity contribution is -0.122. The summed E-state index contributed by atoms with van der Waals surface area (Å²) in [5, 5.41) is 8.34. The Morgan fingerprint density at radius 2 is 2.19 bits per heavy atom. The highest BCUT2D eigenvalue weighted by molar-refractivity contribution is 5.97. The lowest BCUT2D eigenvalue weighted by atomic mass is 10.2. The molecule has 0 saturated carbocycles. The van der Waals surface area contributed by atoms with Gasteiger partial charge in [-0.3, -0.25) is 9.59 Å². The van der Waals surface area contributed by atoms with Crippen LogP contribution in [-0.4, -0.2) is 49.6 Å². The Morgan fingerprint density at radius 1 is 1.43 bits per heavy atom. The molecule has 0 bridgehead atoms. The van der Waals surface area contributed by atoms with E-state index >= 15 is 0 Å². The van der Waals surface area contributed by atoms with E-state index < -0.39 is 6.04 Å². The predicted molar refractivity (Wildman–Crippen MR) is 80.2 cm³/mol. The second kappa shape index (κ2) is 8.91. The Balaban J connectivity index is 2.55. The number of carbonyl (C=O) groups excluding carboxylic acids is 2. The first-order chi connectivity index (χ1) is 10.1. The molecule has 0 spiro atoms. The third-order valence-electron chi connectivity index (χ3n) is 2.73. The highest BCUT2D eigenvalue weighted by atomic mass is 16.5. The number of methoxy groups -OCH3 is 1. The van der Waals surface area contributed by atoms with Crippen molar-refractivity contribution in [2.24, 2.45) is 0 Å². The molecule has 1 unspecified atom stereocenters. The maximum atomic E-state index is 12.1. The third kappa shape index (κ3) is 5.78. The van der Waals surface area contributed by atoms with Crippen LogP contribution in [-0.2, 0) is 9.53 Å². The van der Waals surface area contributed by atoms with Gasteiger partial charge in [-0.25, -0.2) is 4.98 Å². The minimum atomic E-state index is -0.620. The molecule has 0 aliphatic rings. The molecule has 0 fully saturated rings. The van der Waals surface area contributed by atoms with Gasteiger partial charge in [0, 0.05) is 32.0 Å². The number of carbonyl (C=O) groups is 2. The van der Waals surface area contributed by atoms with Crippen molar-refractivity contribution in [2.75, 3.05) is 32.1 Å². The minimum absolute atomic E-state index is 0.249. The van der Waals surface area contributed by atoms with E-state index in [4.69, 9.17) is 4.74 Å². The van der Waals surface area contributed by atoms with Crippen molar-refractivity contribution in [1.82, 2.24) is 15.6 Å². The molecule has 1 aromatic rings. The van der Waals surface area contributed by atoms with E-state index in [1.807, 2.05) is 6.92 Å². The number of amides is 2. The average Bonchev–Trinajstić information content (AvgIpc) is 2.48. The van der Waals surface area contributed by atoms with Crippen LogP contribution in [0, 0.1) is 0 Å². The van der Waals surface area contributed by atoms with Gasteiger partial charge in [-0.1, -0.05) is 0 Å². The molecule has 0 aromatic carbocycles. The standard InChI is InChI=1S/C14H22N4O3/c1-4-15-12-9-11(5-6-16-12)14(20)18-10(2)13(19)17-7-8-21-3/h5-6,9-10H,4,7-8H2,1-3H3,(H,15,16)(H,17,19)(H,18,20). The number of nitrogens with one attached hydrogen (secondary N) is 3. The number of aromatic nitrogens is 1. The van der Waals surface area contributed by atoms with E-state index in [0.29, 0.717) is 24.5 Å². The lowest BCUT2D eigenvalue weighted by Crippen LogP contribution is -2.45. The van der Waals surface area contributed by atoms with Crippen molar-refractivity contribution < 1.29 is 14.3 Å². The topological polar surface area (TPSA) is 92.4 Å². The number of nitrogens with zero attached hydrogens (tertiary/aromatic N) is 1.